The minimum absolute atomic E-state index is 0.144. The van der Waals surface area contributed by atoms with Crippen molar-refractivity contribution in [2.75, 3.05) is 7.11 Å². The first-order chi connectivity index (χ1) is 7.76. The summed E-state index contributed by atoms with van der Waals surface area (Å²) in [5, 5.41) is 8.72. The number of methoxy groups -OCH3 is 1. The number of aromatic nitrogens is 1. The summed E-state index contributed by atoms with van der Waals surface area (Å²) in [5.74, 6) is -2.55. The number of rotatable bonds is 3. The van der Waals surface area contributed by atoms with E-state index in [0.29, 0.717) is 0 Å². The number of hydrogen-bond acceptors (Lipinski definition) is 4. The van der Waals surface area contributed by atoms with Gasteiger partial charge in [0.15, 0.2) is 5.75 Å². The zero-order valence-corrected chi connectivity index (χ0v) is 10.4. The third kappa shape index (κ3) is 3.35. The van der Waals surface area contributed by atoms with E-state index in [2.05, 4.69) is 14.5 Å². The van der Waals surface area contributed by atoms with Crippen molar-refractivity contribution in [3.8, 4) is 11.6 Å². The zero-order chi connectivity index (χ0) is 13.2. The van der Waals surface area contributed by atoms with Gasteiger partial charge in [0.2, 0.25) is 5.88 Å². The molecule has 1 aromatic rings. The summed E-state index contributed by atoms with van der Waals surface area (Å²) in [4.78, 5) is 14.3. The van der Waals surface area contributed by atoms with Crippen LogP contribution < -0.4 is 9.47 Å². The second-order valence-corrected chi connectivity index (χ2v) is 3.76. The Morgan fingerprint density at radius 2 is 2.12 bits per heavy atom. The second kappa shape index (κ2) is 4.94. The highest BCUT2D eigenvalue weighted by Crippen LogP contribution is 2.35. The van der Waals surface area contributed by atoms with Crippen LogP contribution in [-0.2, 0) is 0 Å². The summed E-state index contributed by atoms with van der Waals surface area (Å²) < 4.78 is 44.5. The fraction of sp³-hybridized carbons (Fsp3) is 0.250. The van der Waals surface area contributed by atoms with Gasteiger partial charge in [-0.2, -0.15) is 0 Å². The molecule has 0 aliphatic carbocycles. The van der Waals surface area contributed by atoms with E-state index in [1.807, 2.05) is 0 Å². The normalized spacial score (nSPS) is 11.1. The van der Waals surface area contributed by atoms with Crippen molar-refractivity contribution in [1.29, 1.82) is 0 Å². The lowest BCUT2D eigenvalue weighted by atomic mass is 10.2. The average Bonchev–Trinajstić information content (AvgIpc) is 2.18. The van der Waals surface area contributed by atoms with Crippen molar-refractivity contribution in [1.82, 2.24) is 4.98 Å². The molecule has 17 heavy (non-hydrogen) atoms. The predicted molar refractivity (Wildman–Crippen MR) is 57.1 cm³/mol. The van der Waals surface area contributed by atoms with Gasteiger partial charge in [0.25, 0.3) is 0 Å². The van der Waals surface area contributed by atoms with E-state index in [9.17, 15) is 18.0 Å². The zero-order valence-electron chi connectivity index (χ0n) is 8.21. The number of carboxylic acids is 1. The molecule has 0 aliphatic rings. The molecule has 1 rings (SSSR count). The molecular weight excluding hydrogens is 358 g/mol. The molecule has 1 aromatic heterocycles. The van der Waals surface area contributed by atoms with Crippen LogP contribution in [0.4, 0.5) is 13.2 Å². The van der Waals surface area contributed by atoms with Crippen molar-refractivity contribution in [3.63, 3.8) is 0 Å². The summed E-state index contributed by atoms with van der Waals surface area (Å²) in [6.45, 7) is 0. The van der Waals surface area contributed by atoms with E-state index in [4.69, 9.17) is 5.11 Å². The van der Waals surface area contributed by atoms with Crippen LogP contribution in [0.1, 0.15) is 10.4 Å². The monoisotopic (exact) mass is 363 g/mol. The number of ether oxygens (including phenoxy) is 2. The fourth-order valence-electron chi connectivity index (χ4n) is 0.964. The van der Waals surface area contributed by atoms with Gasteiger partial charge in [0.1, 0.15) is 9.13 Å². The number of alkyl halides is 3. The summed E-state index contributed by atoms with van der Waals surface area (Å²) in [7, 11) is 1.20. The first kappa shape index (κ1) is 13.8. The number of carboxylic acid groups (broad SMARTS) is 1. The standard InChI is InChI=1S/C8H5F3INO4/c1-16-6-4(12)5(17-8(9,10)11)3(2-13-6)7(14)15/h2H,1H3,(H,14,15). The van der Waals surface area contributed by atoms with E-state index in [-0.39, 0.29) is 9.45 Å². The average molecular weight is 363 g/mol. The molecule has 0 radical (unpaired) electrons. The Morgan fingerprint density at radius 1 is 1.53 bits per heavy atom. The molecule has 1 N–H and O–H groups in total. The largest absolute Gasteiger partial charge is 0.573 e. The minimum atomic E-state index is -4.99. The fourth-order valence-corrected chi connectivity index (χ4v) is 1.72. The molecule has 0 saturated carbocycles. The van der Waals surface area contributed by atoms with E-state index in [1.54, 1.807) is 0 Å². The first-order valence-electron chi connectivity index (χ1n) is 3.97. The van der Waals surface area contributed by atoms with E-state index in [1.165, 1.54) is 29.7 Å². The van der Waals surface area contributed by atoms with Gasteiger partial charge in [-0.3, -0.25) is 0 Å². The Balaban J connectivity index is 3.35. The van der Waals surface area contributed by atoms with Crippen molar-refractivity contribution >= 4 is 28.6 Å². The van der Waals surface area contributed by atoms with Crippen LogP contribution in [0.2, 0.25) is 0 Å². The van der Waals surface area contributed by atoms with Crippen LogP contribution in [0, 0.1) is 3.57 Å². The molecule has 0 fully saturated rings. The molecular formula is C8H5F3INO4. The van der Waals surface area contributed by atoms with Gasteiger partial charge < -0.3 is 14.6 Å². The summed E-state index contributed by atoms with van der Waals surface area (Å²) in [6.07, 6.45) is -4.25. The highest BCUT2D eigenvalue weighted by atomic mass is 127. The molecule has 0 spiro atoms. The minimum Gasteiger partial charge on any atom is -0.480 e. The Bertz CT molecular complexity index is 449. The smallest absolute Gasteiger partial charge is 0.480 e. The molecule has 0 unspecified atom stereocenters. The van der Waals surface area contributed by atoms with Crippen molar-refractivity contribution in [2.24, 2.45) is 0 Å². The van der Waals surface area contributed by atoms with E-state index in [0.717, 1.165) is 6.20 Å². The number of halogens is 4. The summed E-state index contributed by atoms with van der Waals surface area (Å²) >= 11 is 1.46. The molecule has 0 bridgehead atoms. The van der Waals surface area contributed by atoms with Gasteiger partial charge >= 0.3 is 12.3 Å². The number of hydrogen-bond donors (Lipinski definition) is 1. The quantitative estimate of drug-likeness (QED) is 0.835. The molecule has 0 aliphatic heterocycles. The van der Waals surface area contributed by atoms with E-state index < -0.39 is 23.6 Å². The molecule has 9 heteroatoms. The van der Waals surface area contributed by atoms with Gasteiger partial charge in [0.05, 0.1) is 7.11 Å². The molecule has 1 heterocycles. The van der Waals surface area contributed by atoms with Gasteiger partial charge in [-0.15, -0.1) is 13.2 Å². The van der Waals surface area contributed by atoms with Crippen LogP contribution in [0.15, 0.2) is 6.20 Å². The molecule has 0 saturated heterocycles. The number of nitrogens with zero attached hydrogens (tertiary/aromatic N) is 1. The van der Waals surface area contributed by atoms with Crippen LogP contribution in [0.5, 0.6) is 11.6 Å². The maximum absolute atomic E-state index is 12.1. The van der Waals surface area contributed by atoms with E-state index >= 15 is 0 Å². The Kier molecular flexibility index (Phi) is 4.01. The Morgan fingerprint density at radius 3 is 2.53 bits per heavy atom. The Hall–Kier alpha value is -1.26. The molecule has 0 atom stereocenters. The van der Waals surface area contributed by atoms with Crippen molar-refractivity contribution < 1.29 is 32.5 Å². The first-order valence-corrected chi connectivity index (χ1v) is 5.05. The van der Waals surface area contributed by atoms with Gasteiger partial charge in [-0.05, 0) is 22.6 Å². The third-order valence-electron chi connectivity index (χ3n) is 1.58. The van der Waals surface area contributed by atoms with Crippen molar-refractivity contribution in [2.45, 2.75) is 6.36 Å². The van der Waals surface area contributed by atoms with Crippen LogP contribution in [0.3, 0.4) is 0 Å². The molecule has 94 valence electrons. The number of carbonyl (C=O) groups is 1. The predicted octanol–water partition coefficient (Wildman–Crippen LogP) is 2.29. The number of pyridine rings is 1. The molecule has 5 nitrogen and oxygen atoms in total. The van der Waals surface area contributed by atoms with Crippen LogP contribution in [0.25, 0.3) is 0 Å². The SMILES string of the molecule is COc1ncc(C(=O)O)c(OC(F)(F)F)c1I. The summed E-state index contributed by atoms with van der Waals surface area (Å²) in [6, 6.07) is 0. The molecule has 0 aromatic carbocycles. The topological polar surface area (TPSA) is 68.7 Å². The lowest BCUT2D eigenvalue weighted by molar-refractivity contribution is -0.275. The maximum atomic E-state index is 12.1. The van der Waals surface area contributed by atoms with Crippen LogP contribution >= 0.6 is 22.6 Å². The van der Waals surface area contributed by atoms with Crippen LogP contribution in [-0.4, -0.2) is 29.5 Å². The highest BCUT2D eigenvalue weighted by molar-refractivity contribution is 14.1. The van der Waals surface area contributed by atoms with Gasteiger partial charge in [-0.25, -0.2) is 9.78 Å². The lowest BCUT2D eigenvalue weighted by Gasteiger charge is -2.14. The van der Waals surface area contributed by atoms with Gasteiger partial charge in [0, 0.05) is 6.20 Å². The maximum Gasteiger partial charge on any atom is 0.573 e. The third-order valence-corrected chi connectivity index (χ3v) is 2.54. The number of aromatic carboxylic acids is 1. The summed E-state index contributed by atoms with van der Waals surface area (Å²) in [5.41, 5.74) is -0.687. The highest BCUT2D eigenvalue weighted by Gasteiger charge is 2.35. The van der Waals surface area contributed by atoms with Crippen molar-refractivity contribution in [3.05, 3.63) is 15.3 Å². The lowest BCUT2D eigenvalue weighted by Crippen LogP contribution is -2.20. The van der Waals surface area contributed by atoms with Gasteiger partial charge in [-0.1, -0.05) is 0 Å². The Labute approximate surface area is 107 Å². The molecule has 0 amide bonds. The second-order valence-electron chi connectivity index (χ2n) is 2.68.